The number of carbonyl (C=O) groups excluding carboxylic acids is 1. The Morgan fingerprint density at radius 3 is 2.31 bits per heavy atom. The Morgan fingerprint density at radius 1 is 0.923 bits per heavy atom. The molecule has 0 saturated carbocycles. The van der Waals surface area contributed by atoms with Crippen molar-refractivity contribution in [2.75, 3.05) is 10.2 Å². The van der Waals surface area contributed by atoms with E-state index in [1.165, 1.54) is 0 Å². The lowest BCUT2D eigenvalue weighted by Gasteiger charge is -2.28. The molecule has 3 aromatic rings. The van der Waals surface area contributed by atoms with Gasteiger partial charge in [-0.05, 0) is 42.8 Å². The first-order chi connectivity index (χ1) is 12.5. The van der Waals surface area contributed by atoms with Crippen LogP contribution in [0.25, 0.3) is 0 Å². The minimum Gasteiger partial charge on any atom is -0.361 e. The number of anilines is 2. The van der Waals surface area contributed by atoms with Crippen LogP contribution in [0.15, 0.2) is 66.7 Å². The van der Waals surface area contributed by atoms with E-state index in [0.29, 0.717) is 15.6 Å². The molecule has 1 N–H and O–H groups in total. The van der Waals surface area contributed by atoms with E-state index in [9.17, 15) is 4.79 Å². The van der Waals surface area contributed by atoms with Crippen molar-refractivity contribution in [1.29, 1.82) is 0 Å². The highest BCUT2D eigenvalue weighted by atomic mass is 35.5. The number of hydrogen-bond acceptors (Lipinski definition) is 2. The Labute approximate surface area is 162 Å². The Balaban J connectivity index is 1.82. The SMILES string of the molecule is Cc1ccccc1N1C(=O)c2ccccc2C1Nc1cc(Cl)cc(Cl)c1. The van der Waals surface area contributed by atoms with Gasteiger partial charge in [0.1, 0.15) is 6.17 Å². The van der Waals surface area contributed by atoms with Gasteiger partial charge in [-0.25, -0.2) is 0 Å². The van der Waals surface area contributed by atoms with Crippen molar-refractivity contribution >= 4 is 40.5 Å². The average Bonchev–Trinajstić information content (AvgIpc) is 2.87. The van der Waals surface area contributed by atoms with Gasteiger partial charge >= 0.3 is 0 Å². The topological polar surface area (TPSA) is 32.3 Å². The highest BCUT2D eigenvalue weighted by molar-refractivity contribution is 6.35. The number of benzene rings is 3. The third-order valence-electron chi connectivity index (χ3n) is 4.50. The minimum atomic E-state index is -0.339. The number of carbonyl (C=O) groups is 1. The Bertz CT molecular complexity index is 983. The molecule has 130 valence electrons. The van der Waals surface area contributed by atoms with Crippen molar-refractivity contribution in [3.05, 3.63) is 93.5 Å². The van der Waals surface area contributed by atoms with Crippen LogP contribution in [0.4, 0.5) is 11.4 Å². The van der Waals surface area contributed by atoms with E-state index < -0.39 is 0 Å². The van der Waals surface area contributed by atoms with Crippen LogP contribution >= 0.6 is 23.2 Å². The smallest absolute Gasteiger partial charge is 0.260 e. The molecule has 26 heavy (non-hydrogen) atoms. The number of nitrogens with one attached hydrogen (secondary N) is 1. The molecule has 3 nitrogen and oxygen atoms in total. The fraction of sp³-hybridized carbons (Fsp3) is 0.0952. The van der Waals surface area contributed by atoms with E-state index >= 15 is 0 Å². The fourth-order valence-electron chi connectivity index (χ4n) is 3.34. The summed E-state index contributed by atoms with van der Waals surface area (Å²) >= 11 is 12.3. The van der Waals surface area contributed by atoms with Crippen LogP contribution in [0.5, 0.6) is 0 Å². The maximum absolute atomic E-state index is 13.1. The van der Waals surface area contributed by atoms with Crippen molar-refractivity contribution in [1.82, 2.24) is 0 Å². The first-order valence-electron chi connectivity index (χ1n) is 8.25. The molecule has 5 heteroatoms. The summed E-state index contributed by atoms with van der Waals surface area (Å²) in [5.74, 6) is -0.0273. The largest absolute Gasteiger partial charge is 0.361 e. The molecule has 0 aliphatic carbocycles. The normalized spacial score (nSPS) is 15.9. The Morgan fingerprint density at radius 2 is 1.58 bits per heavy atom. The van der Waals surface area contributed by atoms with E-state index in [4.69, 9.17) is 23.2 Å². The van der Waals surface area contributed by atoms with Gasteiger partial charge in [0.05, 0.1) is 0 Å². The summed E-state index contributed by atoms with van der Waals surface area (Å²) in [4.78, 5) is 14.9. The summed E-state index contributed by atoms with van der Waals surface area (Å²) in [6.45, 7) is 2.00. The van der Waals surface area contributed by atoms with E-state index in [1.54, 1.807) is 23.1 Å². The molecule has 0 fully saturated rings. The number of fused-ring (bicyclic) bond motifs is 1. The highest BCUT2D eigenvalue weighted by Crippen LogP contribution is 2.39. The lowest BCUT2D eigenvalue weighted by Crippen LogP contribution is -2.32. The summed E-state index contributed by atoms with van der Waals surface area (Å²) in [6.07, 6.45) is -0.339. The number of hydrogen-bond donors (Lipinski definition) is 1. The van der Waals surface area contributed by atoms with Gasteiger partial charge in [0, 0.05) is 32.5 Å². The molecular weight excluding hydrogens is 367 g/mol. The van der Waals surface area contributed by atoms with Crippen LogP contribution in [-0.2, 0) is 0 Å². The summed E-state index contributed by atoms with van der Waals surface area (Å²) < 4.78 is 0. The number of halogens is 2. The fourth-order valence-corrected chi connectivity index (χ4v) is 3.86. The number of rotatable bonds is 3. The highest BCUT2D eigenvalue weighted by Gasteiger charge is 2.38. The van der Waals surface area contributed by atoms with Crippen molar-refractivity contribution < 1.29 is 4.79 Å². The molecule has 4 rings (SSSR count). The monoisotopic (exact) mass is 382 g/mol. The van der Waals surface area contributed by atoms with Gasteiger partial charge in [0.2, 0.25) is 0 Å². The van der Waals surface area contributed by atoms with Crippen molar-refractivity contribution in [3.8, 4) is 0 Å². The van der Waals surface area contributed by atoms with Crippen LogP contribution < -0.4 is 10.2 Å². The van der Waals surface area contributed by atoms with Gasteiger partial charge in [-0.2, -0.15) is 0 Å². The average molecular weight is 383 g/mol. The van der Waals surface area contributed by atoms with E-state index in [-0.39, 0.29) is 12.1 Å². The van der Waals surface area contributed by atoms with Crippen LogP contribution in [0.1, 0.15) is 27.7 Å². The van der Waals surface area contributed by atoms with Crippen LogP contribution in [0.2, 0.25) is 10.0 Å². The first-order valence-corrected chi connectivity index (χ1v) is 9.01. The second-order valence-electron chi connectivity index (χ2n) is 6.25. The van der Waals surface area contributed by atoms with Crippen molar-refractivity contribution in [2.45, 2.75) is 13.1 Å². The molecular formula is C21H16Cl2N2O. The second kappa shape index (κ2) is 6.67. The number of amides is 1. The standard InChI is InChI=1S/C21H16Cl2N2O/c1-13-6-2-5-9-19(13)25-20(17-7-3-4-8-18(17)21(25)26)24-16-11-14(22)10-15(23)12-16/h2-12,20,24H,1H3. The van der Waals surface area contributed by atoms with Gasteiger partial charge < -0.3 is 5.32 Å². The second-order valence-corrected chi connectivity index (χ2v) is 7.13. The van der Waals surface area contributed by atoms with Crippen LogP contribution in [0.3, 0.4) is 0 Å². The number of aryl methyl sites for hydroxylation is 1. The zero-order valence-corrected chi connectivity index (χ0v) is 15.6. The van der Waals surface area contributed by atoms with Gasteiger partial charge in [0.15, 0.2) is 0 Å². The minimum absolute atomic E-state index is 0.0273. The molecule has 0 saturated heterocycles. The van der Waals surface area contributed by atoms with Crippen molar-refractivity contribution in [2.24, 2.45) is 0 Å². The molecule has 1 atom stereocenters. The quantitative estimate of drug-likeness (QED) is 0.595. The van der Waals surface area contributed by atoms with E-state index in [1.807, 2.05) is 55.5 Å². The Kier molecular flexibility index (Phi) is 4.35. The zero-order valence-electron chi connectivity index (χ0n) is 14.0. The summed E-state index contributed by atoms with van der Waals surface area (Å²) in [7, 11) is 0. The molecule has 1 aliphatic heterocycles. The number of para-hydroxylation sites is 1. The molecule has 1 amide bonds. The van der Waals surface area contributed by atoms with Crippen LogP contribution in [-0.4, -0.2) is 5.91 Å². The molecule has 1 unspecified atom stereocenters. The molecule has 1 heterocycles. The van der Waals surface area contributed by atoms with Gasteiger partial charge in [0.25, 0.3) is 5.91 Å². The van der Waals surface area contributed by atoms with Gasteiger partial charge in [-0.1, -0.05) is 59.6 Å². The predicted octanol–water partition coefficient (Wildman–Crippen LogP) is 6.07. The molecule has 3 aromatic carbocycles. The first kappa shape index (κ1) is 17.0. The third kappa shape index (κ3) is 2.94. The van der Waals surface area contributed by atoms with Gasteiger partial charge in [-0.15, -0.1) is 0 Å². The van der Waals surface area contributed by atoms with Gasteiger partial charge in [-0.3, -0.25) is 9.69 Å². The molecule has 0 radical (unpaired) electrons. The third-order valence-corrected chi connectivity index (χ3v) is 4.94. The maximum Gasteiger partial charge on any atom is 0.260 e. The number of nitrogens with zero attached hydrogens (tertiary/aromatic N) is 1. The summed E-state index contributed by atoms with van der Waals surface area (Å²) in [5, 5.41) is 4.50. The molecule has 1 aliphatic rings. The zero-order chi connectivity index (χ0) is 18.3. The van der Waals surface area contributed by atoms with Crippen molar-refractivity contribution in [3.63, 3.8) is 0 Å². The maximum atomic E-state index is 13.1. The van der Waals surface area contributed by atoms with E-state index in [0.717, 1.165) is 22.5 Å². The summed E-state index contributed by atoms with van der Waals surface area (Å²) in [6, 6.07) is 20.8. The Hall–Kier alpha value is -2.49. The summed E-state index contributed by atoms with van der Waals surface area (Å²) in [5.41, 5.74) is 4.29. The molecule has 0 bridgehead atoms. The molecule has 0 aromatic heterocycles. The lowest BCUT2D eigenvalue weighted by molar-refractivity contribution is 0.0993. The lowest BCUT2D eigenvalue weighted by atomic mass is 10.1. The van der Waals surface area contributed by atoms with Crippen LogP contribution in [0, 0.1) is 6.92 Å². The molecule has 0 spiro atoms. The predicted molar refractivity (Wildman–Crippen MR) is 107 cm³/mol. The van der Waals surface area contributed by atoms with E-state index in [2.05, 4.69) is 5.32 Å².